The molecule has 1 unspecified atom stereocenters. The van der Waals surface area contributed by atoms with Gasteiger partial charge in [-0.15, -0.1) is 12.4 Å². The monoisotopic (exact) mass is 336 g/mol. The second-order valence-electron chi connectivity index (χ2n) is 4.20. The first kappa shape index (κ1) is 17.9. The minimum absolute atomic E-state index is 0. The lowest BCUT2D eigenvalue weighted by Gasteiger charge is -2.16. The SMILES string of the molecule is CCOC(=O)C(F)[C@@H](N)c1cc2c(cc1[N+](=O)[O-])OCO2.Cl. The summed E-state index contributed by atoms with van der Waals surface area (Å²) in [6.07, 6.45) is -2.22. The Labute approximate surface area is 130 Å². The number of rotatable bonds is 5. The Morgan fingerprint density at radius 2 is 2.09 bits per heavy atom. The maximum atomic E-state index is 14.0. The number of ether oxygens (including phenoxy) is 3. The predicted octanol–water partition coefficient (Wildman–Crippen LogP) is 1.65. The number of fused-ring (bicyclic) bond motifs is 1. The van der Waals surface area contributed by atoms with Gasteiger partial charge in [0, 0.05) is 0 Å². The molecule has 22 heavy (non-hydrogen) atoms. The van der Waals surface area contributed by atoms with Gasteiger partial charge in [-0.1, -0.05) is 0 Å². The number of nitro benzene ring substituents is 1. The zero-order chi connectivity index (χ0) is 15.6. The lowest BCUT2D eigenvalue weighted by atomic mass is 10.0. The number of alkyl halides is 1. The van der Waals surface area contributed by atoms with E-state index in [4.69, 9.17) is 15.2 Å². The maximum absolute atomic E-state index is 14.0. The first-order chi connectivity index (χ1) is 9.95. The summed E-state index contributed by atoms with van der Waals surface area (Å²) < 4.78 is 28.6. The van der Waals surface area contributed by atoms with Crippen LogP contribution in [0.4, 0.5) is 10.1 Å². The van der Waals surface area contributed by atoms with Crippen molar-refractivity contribution in [1.29, 1.82) is 0 Å². The van der Waals surface area contributed by atoms with Crippen molar-refractivity contribution in [1.82, 2.24) is 0 Å². The molecular formula is C12H14ClFN2O6. The quantitative estimate of drug-likeness (QED) is 0.494. The van der Waals surface area contributed by atoms with E-state index in [0.29, 0.717) is 0 Å². The molecule has 2 rings (SSSR count). The van der Waals surface area contributed by atoms with Crippen molar-refractivity contribution >= 4 is 24.1 Å². The third-order valence-electron chi connectivity index (χ3n) is 2.90. The van der Waals surface area contributed by atoms with Crippen molar-refractivity contribution in [3.63, 3.8) is 0 Å². The van der Waals surface area contributed by atoms with Crippen LogP contribution in [-0.2, 0) is 9.53 Å². The van der Waals surface area contributed by atoms with E-state index in [-0.39, 0.29) is 42.9 Å². The van der Waals surface area contributed by atoms with E-state index in [9.17, 15) is 19.3 Å². The molecular weight excluding hydrogens is 323 g/mol. The van der Waals surface area contributed by atoms with Crippen molar-refractivity contribution in [3.8, 4) is 11.5 Å². The number of nitrogens with two attached hydrogens (primary N) is 1. The topological polar surface area (TPSA) is 114 Å². The van der Waals surface area contributed by atoms with Gasteiger partial charge in [-0.3, -0.25) is 10.1 Å². The fraction of sp³-hybridized carbons (Fsp3) is 0.417. The standard InChI is InChI=1S/C12H13FN2O6.ClH/c1-2-19-12(16)10(13)11(14)6-3-8-9(21-5-20-8)4-7(6)15(17)18;/h3-4,10-11H,2,5,14H2,1H3;1H/t10?,11-;/m0./s1. The molecule has 1 aliphatic rings. The Kier molecular flexibility index (Phi) is 5.89. The summed E-state index contributed by atoms with van der Waals surface area (Å²) in [5.74, 6) is -0.789. The van der Waals surface area contributed by atoms with Crippen molar-refractivity contribution in [3.05, 3.63) is 27.8 Å². The van der Waals surface area contributed by atoms with Gasteiger partial charge >= 0.3 is 5.97 Å². The highest BCUT2D eigenvalue weighted by molar-refractivity contribution is 5.85. The van der Waals surface area contributed by atoms with Crippen LogP contribution in [0, 0.1) is 10.1 Å². The molecule has 0 fully saturated rings. The molecule has 0 radical (unpaired) electrons. The first-order valence-electron chi connectivity index (χ1n) is 6.10. The normalized spacial score (nSPS) is 14.7. The number of hydrogen-bond acceptors (Lipinski definition) is 7. The molecule has 0 bridgehead atoms. The summed E-state index contributed by atoms with van der Waals surface area (Å²) in [5, 5.41) is 11.1. The summed E-state index contributed by atoms with van der Waals surface area (Å²) in [5.41, 5.74) is 5.02. The highest BCUT2D eigenvalue weighted by atomic mass is 35.5. The number of esters is 1. The lowest BCUT2D eigenvalue weighted by molar-refractivity contribution is -0.385. The molecule has 2 atom stereocenters. The van der Waals surface area contributed by atoms with Crippen LogP contribution in [0.5, 0.6) is 11.5 Å². The summed E-state index contributed by atoms with van der Waals surface area (Å²) >= 11 is 0. The molecule has 0 amide bonds. The van der Waals surface area contributed by atoms with Crippen molar-refractivity contribution in [2.75, 3.05) is 13.4 Å². The Morgan fingerprint density at radius 3 is 2.64 bits per heavy atom. The molecule has 1 aromatic rings. The highest BCUT2D eigenvalue weighted by Crippen LogP contribution is 2.40. The molecule has 0 aromatic heterocycles. The van der Waals surface area contributed by atoms with E-state index in [1.165, 1.54) is 13.0 Å². The van der Waals surface area contributed by atoms with Crippen LogP contribution < -0.4 is 15.2 Å². The molecule has 1 aromatic carbocycles. The van der Waals surface area contributed by atoms with Crippen molar-refractivity contribution in [2.24, 2.45) is 5.73 Å². The molecule has 1 heterocycles. The van der Waals surface area contributed by atoms with Gasteiger partial charge < -0.3 is 19.9 Å². The number of nitrogens with zero attached hydrogens (tertiary/aromatic N) is 1. The number of carbonyl (C=O) groups excluding carboxylic acids is 1. The molecule has 8 nitrogen and oxygen atoms in total. The van der Waals surface area contributed by atoms with Crippen LogP contribution in [0.2, 0.25) is 0 Å². The second kappa shape index (κ2) is 7.23. The zero-order valence-corrected chi connectivity index (χ0v) is 12.3. The molecule has 10 heteroatoms. The van der Waals surface area contributed by atoms with E-state index < -0.39 is 28.8 Å². The first-order valence-corrected chi connectivity index (χ1v) is 6.10. The van der Waals surface area contributed by atoms with Crippen LogP contribution in [0.25, 0.3) is 0 Å². The summed E-state index contributed by atoms with van der Waals surface area (Å²) in [6, 6.07) is 0.755. The third-order valence-corrected chi connectivity index (χ3v) is 2.90. The van der Waals surface area contributed by atoms with E-state index in [1.54, 1.807) is 0 Å². The lowest BCUT2D eigenvalue weighted by Crippen LogP contribution is -2.32. The fourth-order valence-electron chi connectivity index (χ4n) is 1.90. The van der Waals surface area contributed by atoms with Gasteiger partial charge in [0.2, 0.25) is 13.0 Å². The Balaban J connectivity index is 0.00000242. The third kappa shape index (κ3) is 3.37. The number of carbonyl (C=O) groups is 1. The Morgan fingerprint density at radius 1 is 1.50 bits per heavy atom. The number of hydrogen-bond donors (Lipinski definition) is 1. The van der Waals surface area contributed by atoms with Gasteiger partial charge in [0.05, 0.1) is 29.2 Å². The van der Waals surface area contributed by atoms with Gasteiger partial charge in [-0.25, -0.2) is 9.18 Å². The zero-order valence-electron chi connectivity index (χ0n) is 11.5. The summed E-state index contributed by atoms with van der Waals surface area (Å²) in [6.45, 7) is 1.40. The van der Waals surface area contributed by atoms with Gasteiger partial charge in [-0.05, 0) is 13.0 Å². The Bertz CT molecular complexity index is 585. The summed E-state index contributed by atoms with van der Waals surface area (Å²) in [4.78, 5) is 21.7. The smallest absolute Gasteiger partial charge is 0.342 e. The summed E-state index contributed by atoms with van der Waals surface area (Å²) in [7, 11) is 0. The van der Waals surface area contributed by atoms with Gasteiger partial charge in [-0.2, -0.15) is 0 Å². The van der Waals surface area contributed by atoms with Crippen LogP contribution >= 0.6 is 12.4 Å². The molecule has 122 valence electrons. The predicted molar refractivity (Wildman–Crippen MR) is 74.9 cm³/mol. The molecule has 2 N–H and O–H groups in total. The maximum Gasteiger partial charge on any atom is 0.342 e. The number of benzene rings is 1. The molecule has 0 saturated carbocycles. The second-order valence-corrected chi connectivity index (χ2v) is 4.20. The molecule has 0 spiro atoms. The fourth-order valence-corrected chi connectivity index (χ4v) is 1.90. The van der Waals surface area contributed by atoms with E-state index in [0.717, 1.165) is 6.07 Å². The molecule has 0 aliphatic carbocycles. The van der Waals surface area contributed by atoms with E-state index >= 15 is 0 Å². The van der Waals surface area contributed by atoms with Crippen molar-refractivity contribution in [2.45, 2.75) is 19.1 Å². The minimum atomic E-state index is -2.22. The van der Waals surface area contributed by atoms with Crippen LogP contribution in [0.1, 0.15) is 18.5 Å². The number of nitro groups is 1. The van der Waals surface area contributed by atoms with Gasteiger partial charge in [0.15, 0.2) is 11.5 Å². The van der Waals surface area contributed by atoms with Gasteiger partial charge in [0.1, 0.15) is 0 Å². The van der Waals surface area contributed by atoms with Crippen molar-refractivity contribution < 1.29 is 28.3 Å². The highest BCUT2D eigenvalue weighted by Gasteiger charge is 2.34. The van der Waals surface area contributed by atoms with Gasteiger partial charge in [0.25, 0.3) is 5.69 Å². The van der Waals surface area contributed by atoms with E-state index in [2.05, 4.69) is 4.74 Å². The average Bonchev–Trinajstić information content (AvgIpc) is 2.91. The molecule has 1 aliphatic heterocycles. The molecule has 0 saturated heterocycles. The average molecular weight is 337 g/mol. The number of halogens is 2. The van der Waals surface area contributed by atoms with Crippen LogP contribution in [0.15, 0.2) is 12.1 Å². The largest absolute Gasteiger partial charge is 0.464 e. The van der Waals surface area contributed by atoms with Crippen LogP contribution in [-0.4, -0.2) is 30.5 Å². The minimum Gasteiger partial charge on any atom is -0.464 e. The van der Waals surface area contributed by atoms with E-state index in [1.807, 2.05) is 0 Å². The Hall–Kier alpha value is -2.13. The van der Waals surface area contributed by atoms with Crippen LogP contribution in [0.3, 0.4) is 0 Å².